The predicted molar refractivity (Wildman–Crippen MR) is 118 cm³/mol. The molecule has 28 heavy (non-hydrogen) atoms. The molecule has 0 radical (unpaired) electrons. The zero-order chi connectivity index (χ0) is 17.6. The van der Waals surface area contributed by atoms with Gasteiger partial charge in [-0.25, -0.2) is 0 Å². The van der Waals surface area contributed by atoms with Gasteiger partial charge in [-0.15, -0.1) is 24.8 Å². The first-order valence-corrected chi connectivity index (χ1v) is 9.75. The second kappa shape index (κ2) is 11.6. The van der Waals surface area contributed by atoms with E-state index in [1.54, 1.807) is 0 Å². The van der Waals surface area contributed by atoms with Crippen molar-refractivity contribution in [3.8, 4) is 11.5 Å². The van der Waals surface area contributed by atoms with Gasteiger partial charge < -0.3 is 14.8 Å². The fourth-order valence-corrected chi connectivity index (χ4v) is 4.13. The van der Waals surface area contributed by atoms with Crippen molar-refractivity contribution in [2.75, 3.05) is 39.4 Å². The van der Waals surface area contributed by atoms with Gasteiger partial charge in [0.25, 0.3) is 0 Å². The Kier molecular flexibility index (Phi) is 9.56. The first kappa shape index (κ1) is 23.0. The molecule has 0 aromatic heterocycles. The molecule has 154 valence electrons. The van der Waals surface area contributed by atoms with Gasteiger partial charge in [-0.3, -0.25) is 4.90 Å². The molecule has 1 N–H and O–H groups in total. The molecule has 2 aliphatic rings. The van der Waals surface area contributed by atoms with Gasteiger partial charge in [0.05, 0.1) is 0 Å². The molecule has 4 rings (SSSR count). The standard InChI is InChI=1S/C22H28N2O2.2ClH/c1-2-4-20(5-3-1)26-21-8-6-18(7-9-21)22(19-10-16-25-17-11-19)24-14-12-23-13-15-24;;/h1-9,19,22-23H,10-17H2;2*1H/t22-;;/m0../s1. The van der Waals surface area contributed by atoms with E-state index in [1.165, 1.54) is 5.56 Å². The highest BCUT2D eigenvalue weighted by molar-refractivity contribution is 5.85. The molecular weight excluding hydrogens is 395 g/mol. The Hall–Kier alpha value is -1.30. The predicted octanol–water partition coefficient (Wildman–Crippen LogP) is 4.70. The number of hydrogen-bond donors (Lipinski definition) is 1. The topological polar surface area (TPSA) is 33.7 Å². The van der Waals surface area contributed by atoms with Gasteiger partial charge in [0.1, 0.15) is 11.5 Å². The molecule has 2 aromatic carbocycles. The summed E-state index contributed by atoms with van der Waals surface area (Å²) in [4.78, 5) is 2.65. The van der Waals surface area contributed by atoms with Gasteiger partial charge in [0.15, 0.2) is 0 Å². The quantitative estimate of drug-likeness (QED) is 0.754. The lowest BCUT2D eigenvalue weighted by Gasteiger charge is -2.41. The van der Waals surface area contributed by atoms with E-state index in [0.717, 1.165) is 63.7 Å². The molecule has 0 amide bonds. The lowest BCUT2D eigenvalue weighted by Crippen LogP contribution is -2.47. The Bertz CT molecular complexity index is 655. The minimum atomic E-state index is 0. The summed E-state index contributed by atoms with van der Waals surface area (Å²) in [6, 6.07) is 19.2. The van der Waals surface area contributed by atoms with Crippen molar-refractivity contribution >= 4 is 24.8 Å². The highest BCUT2D eigenvalue weighted by Crippen LogP contribution is 2.36. The third kappa shape index (κ3) is 5.85. The molecule has 2 saturated heterocycles. The van der Waals surface area contributed by atoms with Gasteiger partial charge in [-0.05, 0) is 48.6 Å². The maximum Gasteiger partial charge on any atom is 0.127 e. The van der Waals surface area contributed by atoms with E-state index in [-0.39, 0.29) is 24.8 Å². The average Bonchev–Trinajstić information content (AvgIpc) is 2.72. The molecule has 2 heterocycles. The van der Waals surface area contributed by atoms with Crippen LogP contribution in [0.2, 0.25) is 0 Å². The van der Waals surface area contributed by atoms with Crippen LogP contribution < -0.4 is 10.1 Å². The molecule has 2 aromatic rings. The summed E-state index contributed by atoms with van der Waals surface area (Å²) >= 11 is 0. The van der Waals surface area contributed by atoms with Crippen molar-refractivity contribution in [3.05, 3.63) is 60.2 Å². The molecule has 0 spiro atoms. The molecule has 2 aliphatic heterocycles. The molecule has 0 aliphatic carbocycles. The van der Waals surface area contributed by atoms with Gasteiger partial charge in [-0.2, -0.15) is 0 Å². The largest absolute Gasteiger partial charge is 0.457 e. The number of benzene rings is 2. The van der Waals surface area contributed by atoms with Crippen LogP contribution in [-0.4, -0.2) is 44.3 Å². The normalized spacial score (nSPS) is 19.1. The van der Waals surface area contributed by atoms with Crippen LogP contribution in [0.15, 0.2) is 54.6 Å². The minimum Gasteiger partial charge on any atom is -0.457 e. The summed E-state index contributed by atoms with van der Waals surface area (Å²) in [7, 11) is 0. The zero-order valence-corrected chi connectivity index (χ0v) is 17.7. The summed E-state index contributed by atoms with van der Waals surface area (Å²) in [6.45, 7) is 6.17. The van der Waals surface area contributed by atoms with Crippen LogP contribution in [0.4, 0.5) is 0 Å². The highest BCUT2D eigenvalue weighted by atomic mass is 35.5. The maximum atomic E-state index is 5.96. The second-order valence-corrected chi connectivity index (χ2v) is 7.16. The third-order valence-corrected chi connectivity index (χ3v) is 5.46. The van der Waals surface area contributed by atoms with Crippen LogP contribution in [0.5, 0.6) is 11.5 Å². The summed E-state index contributed by atoms with van der Waals surface area (Å²) < 4.78 is 11.6. The molecule has 0 saturated carbocycles. The maximum absolute atomic E-state index is 5.96. The van der Waals surface area contributed by atoms with E-state index in [2.05, 4.69) is 34.5 Å². The van der Waals surface area contributed by atoms with Crippen molar-refractivity contribution in [2.45, 2.75) is 18.9 Å². The summed E-state index contributed by atoms with van der Waals surface area (Å²) in [5.41, 5.74) is 1.40. The Morgan fingerprint density at radius 2 is 1.46 bits per heavy atom. The van der Waals surface area contributed by atoms with Crippen molar-refractivity contribution < 1.29 is 9.47 Å². The van der Waals surface area contributed by atoms with E-state index in [1.807, 2.05) is 30.3 Å². The first-order valence-electron chi connectivity index (χ1n) is 9.75. The van der Waals surface area contributed by atoms with E-state index < -0.39 is 0 Å². The Balaban J connectivity index is 0.00000140. The van der Waals surface area contributed by atoms with Crippen LogP contribution in [-0.2, 0) is 4.74 Å². The number of hydrogen-bond acceptors (Lipinski definition) is 4. The zero-order valence-electron chi connectivity index (χ0n) is 16.1. The lowest BCUT2D eigenvalue weighted by molar-refractivity contribution is 0.0213. The van der Waals surface area contributed by atoms with E-state index in [0.29, 0.717) is 12.0 Å². The van der Waals surface area contributed by atoms with Crippen molar-refractivity contribution in [1.29, 1.82) is 0 Å². The van der Waals surface area contributed by atoms with Crippen LogP contribution in [0, 0.1) is 5.92 Å². The molecule has 0 bridgehead atoms. The SMILES string of the molecule is Cl.Cl.c1ccc(Oc2ccc([C@@H](C3CCOCC3)N3CCNCC3)cc2)cc1. The van der Waals surface area contributed by atoms with Crippen LogP contribution in [0.1, 0.15) is 24.4 Å². The molecule has 6 heteroatoms. The van der Waals surface area contributed by atoms with Crippen LogP contribution in [0.25, 0.3) is 0 Å². The fourth-order valence-electron chi connectivity index (χ4n) is 4.13. The monoisotopic (exact) mass is 424 g/mol. The Morgan fingerprint density at radius 1 is 0.857 bits per heavy atom. The number of piperazine rings is 1. The highest BCUT2D eigenvalue weighted by Gasteiger charge is 2.31. The molecule has 4 nitrogen and oxygen atoms in total. The molecule has 1 atom stereocenters. The van der Waals surface area contributed by atoms with E-state index in [4.69, 9.17) is 9.47 Å². The summed E-state index contributed by atoms with van der Waals surface area (Å²) in [5.74, 6) is 2.44. The lowest BCUT2D eigenvalue weighted by atomic mass is 9.85. The molecule has 2 fully saturated rings. The van der Waals surface area contributed by atoms with Crippen molar-refractivity contribution in [2.24, 2.45) is 5.92 Å². The van der Waals surface area contributed by atoms with Gasteiger partial charge in [0, 0.05) is 45.4 Å². The molecule has 0 unspecified atom stereocenters. The third-order valence-electron chi connectivity index (χ3n) is 5.46. The van der Waals surface area contributed by atoms with Crippen LogP contribution >= 0.6 is 24.8 Å². The van der Waals surface area contributed by atoms with Gasteiger partial charge >= 0.3 is 0 Å². The fraction of sp³-hybridized carbons (Fsp3) is 0.455. The van der Waals surface area contributed by atoms with E-state index >= 15 is 0 Å². The number of para-hydroxylation sites is 1. The minimum absolute atomic E-state index is 0. The van der Waals surface area contributed by atoms with E-state index in [9.17, 15) is 0 Å². The Morgan fingerprint density at radius 3 is 2.11 bits per heavy atom. The van der Waals surface area contributed by atoms with Crippen molar-refractivity contribution in [1.82, 2.24) is 10.2 Å². The van der Waals surface area contributed by atoms with Crippen LogP contribution in [0.3, 0.4) is 0 Å². The van der Waals surface area contributed by atoms with Gasteiger partial charge in [0.2, 0.25) is 0 Å². The smallest absolute Gasteiger partial charge is 0.127 e. The Labute approximate surface area is 180 Å². The number of nitrogens with zero attached hydrogens (tertiary/aromatic N) is 1. The first-order chi connectivity index (χ1) is 12.9. The number of ether oxygens (including phenoxy) is 2. The summed E-state index contributed by atoms with van der Waals surface area (Å²) in [6.07, 6.45) is 2.30. The molecular formula is C22H30Cl2N2O2. The number of nitrogens with one attached hydrogen (secondary N) is 1. The second-order valence-electron chi connectivity index (χ2n) is 7.16. The van der Waals surface area contributed by atoms with Crippen molar-refractivity contribution in [3.63, 3.8) is 0 Å². The number of rotatable bonds is 5. The van der Waals surface area contributed by atoms with Gasteiger partial charge in [-0.1, -0.05) is 30.3 Å². The average molecular weight is 425 g/mol. The summed E-state index contributed by atoms with van der Waals surface area (Å²) in [5, 5.41) is 3.47. The number of halogens is 2.